The summed E-state index contributed by atoms with van der Waals surface area (Å²) in [5, 5.41) is 26.4. The van der Waals surface area contributed by atoms with E-state index in [1.165, 1.54) is 79.7 Å². The number of aromatic nitrogens is 3. The topological polar surface area (TPSA) is 62.4 Å². The van der Waals surface area contributed by atoms with E-state index in [1.807, 2.05) is 36.4 Å². The van der Waals surface area contributed by atoms with Crippen LogP contribution in [0.1, 0.15) is 59.8 Å². The highest BCUT2D eigenvalue weighted by molar-refractivity contribution is 6.26. The number of para-hydroxylation sites is 3. The average molecular weight is 782 g/mol. The molecule has 0 radical (unpaired) electrons. The largest absolute Gasteiger partial charge is 0.309 e. The molecule has 11 aromatic rings. The van der Waals surface area contributed by atoms with E-state index < -0.39 is 0 Å². The molecule has 0 amide bonds. The second kappa shape index (κ2) is 13.9. The molecule has 0 spiro atoms. The quantitative estimate of drug-likeness (QED) is 0.175. The number of rotatable bonds is 5. The number of nitriles is 2. The van der Waals surface area contributed by atoms with Crippen molar-refractivity contribution in [1.82, 2.24) is 13.7 Å². The van der Waals surface area contributed by atoms with Crippen molar-refractivity contribution in [1.29, 1.82) is 10.5 Å². The zero-order valence-electron chi connectivity index (χ0n) is 33.5. The van der Waals surface area contributed by atoms with Gasteiger partial charge in [0, 0.05) is 49.4 Å². The molecule has 1 aliphatic carbocycles. The molecular weight excluding hydrogens is 743 g/mol. The molecule has 3 heterocycles. The maximum atomic E-state index is 9.67. The maximum Gasteiger partial charge on any atom is 0.0991 e. The van der Waals surface area contributed by atoms with Crippen molar-refractivity contribution in [2.75, 3.05) is 0 Å². The van der Waals surface area contributed by atoms with Crippen molar-refractivity contribution in [2.45, 2.75) is 37.5 Å². The Morgan fingerprint density at radius 1 is 0.377 bits per heavy atom. The molecule has 3 aromatic heterocycles. The van der Waals surface area contributed by atoms with E-state index in [0.717, 1.165) is 39.6 Å². The van der Waals surface area contributed by atoms with Crippen LogP contribution in [-0.4, -0.2) is 13.7 Å². The first-order valence-electron chi connectivity index (χ1n) is 21.3. The van der Waals surface area contributed by atoms with Crippen LogP contribution in [0.4, 0.5) is 0 Å². The monoisotopic (exact) mass is 781 g/mol. The molecule has 0 bridgehead atoms. The first-order valence-corrected chi connectivity index (χ1v) is 21.3. The van der Waals surface area contributed by atoms with Crippen LogP contribution in [0.25, 0.3) is 82.5 Å². The Balaban J connectivity index is 0.930. The van der Waals surface area contributed by atoms with Gasteiger partial charge >= 0.3 is 0 Å². The lowest BCUT2D eigenvalue weighted by Crippen LogP contribution is -2.16. The van der Waals surface area contributed by atoms with Crippen LogP contribution in [0.3, 0.4) is 0 Å². The lowest BCUT2D eigenvalue weighted by molar-refractivity contribution is 0.386. The van der Waals surface area contributed by atoms with E-state index >= 15 is 0 Å². The predicted octanol–water partition coefficient (Wildman–Crippen LogP) is 14.2. The minimum atomic E-state index is 0.421. The molecule has 5 heteroatoms. The Labute approximate surface area is 353 Å². The molecule has 8 aromatic carbocycles. The Bertz CT molecular complexity index is 3540. The highest BCUT2D eigenvalue weighted by Crippen LogP contribution is 2.46. The fourth-order valence-electron chi connectivity index (χ4n) is 10.7. The summed E-state index contributed by atoms with van der Waals surface area (Å²) in [6.07, 6.45) is 4.79. The van der Waals surface area contributed by atoms with E-state index in [4.69, 9.17) is 0 Å². The highest BCUT2D eigenvalue weighted by Gasteiger charge is 2.29. The number of hydrogen-bond donors (Lipinski definition) is 0. The second-order valence-electron chi connectivity index (χ2n) is 16.6. The zero-order chi connectivity index (χ0) is 40.6. The van der Waals surface area contributed by atoms with E-state index in [2.05, 4.69) is 165 Å². The fourth-order valence-corrected chi connectivity index (χ4v) is 10.7. The SMILES string of the molecule is N#Cc1ccc2c(c1)c1cc(C#N)ccc1n2-c1ccc(C2CCCC[C@@H]2c2ccc(-n3c4ccccc4c4c3ccc3c5ccccc5n(-c5ccccc5)c34)cc2)cc1. The lowest BCUT2D eigenvalue weighted by atomic mass is 9.72. The number of hydrogen-bond acceptors (Lipinski definition) is 2. The number of nitrogens with zero attached hydrogens (tertiary/aromatic N) is 5. The standard InChI is InChI=1S/C56H39N5/c57-34-36-18-29-52-48(32-36)49-33-37(35-58)19-30-53(49)59(52)41-24-20-38(21-25-41)43-12-4-5-13-44(43)39-22-26-42(27-23-39)60-51-17-9-7-15-47(51)55-54(60)31-28-46-45-14-6-8-16-50(45)61(56(46)55)40-10-2-1-3-11-40/h1-3,6-11,14-33,43-44H,4-5,12-13H2/t43?,44-/m1/s1. The summed E-state index contributed by atoms with van der Waals surface area (Å²) >= 11 is 0. The highest BCUT2D eigenvalue weighted by atomic mass is 15.0. The van der Waals surface area contributed by atoms with Gasteiger partial charge in [-0.05, 0) is 127 Å². The van der Waals surface area contributed by atoms with Crippen LogP contribution in [0.15, 0.2) is 176 Å². The van der Waals surface area contributed by atoms with Gasteiger partial charge in [-0.15, -0.1) is 0 Å². The lowest BCUT2D eigenvalue weighted by Gasteiger charge is -2.32. The Morgan fingerprint density at radius 2 is 0.836 bits per heavy atom. The maximum absolute atomic E-state index is 9.67. The van der Waals surface area contributed by atoms with Gasteiger partial charge in [0.15, 0.2) is 0 Å². The minimum Gasteiger partial charge on any atom is -0.309 e. The van der Waals surface area contributed by atoms with Crippen molar-refractivity contribution in [3.05, 3.63) is 198 Å². The third-order valence-corrected chi connectivity index (χ3v) is 13.4. The molecule has 0 aliphatic heterocycles. The molecule has 5 nitrogen and oxygen atoms in total. The van der Waals surface area contributed by atoms with Gasteiger partial charge in [-0.2, -0.15) is 10.5 Å². The molecule has 0 saturated heterocycles. The van der Waals surface area contributed by atoms with Gasteiger partial charge < -0.3 is 13.7 Å². The molecule has 288 valence electrons. The first-order chi connectivity index (χ1) is 30.2. The Morgan fingerprint density at radius 3 is 1.41 bits per heavy atom. The Kier molecular flexibility index (Phi) is 7.99. The summed E-state index contributed by atoms with van der Waals surface area (Å²) in [6.45, 7) is 0. The van der Waals surface area contributed by atoms with Crippen LogP contribution in [-0.2, 0) is 0 Å². The van der Waals surface area contributed by atoms with Gasteiger partial charge in [0.25, 0.3) is 0 Å². The van der Waals surface area contributed by atoms with Gasteiger partial charge in [-0.25, -0.2) is 0 Å². The molecule has 1 saturated carbocycles. The summed E-state index contributed by atoms with van der Waals surface area (Å²) in [5.41, 5.74) is 14.3. The van der Waals surface area contributed by atoms with Crippen LogP contribution >= 0.6 is 0 Å². The molecule has 12 rings (SSSR count). The zero-order valence-corrected chi connectivity index (χ0v) is 33.5. The van der Waals surface area contributed by atoms with Crippen molar-refractivity contribution in [2.24, 2.45) is 0 Å². The molecule has 0 N–H and O–H groups in total. The van der Waals surface area contributed by atoms with Gasteiger partial charge in [-0.1, -0.05) is 97.8 Å². The number of benzene rings is 8. The van der Waals surface area contributed by atoms with Crippen molar-refractivity contribution < 1.29 is 0 Å². The third-order valence-electron chi connectivity index (χ3n) is 13.4. The summed E-state index contributed by atoms with van der Waals surface area (Å²) in [4.78, 5) is 0. The summed E-state index contributed by atoms with van der Waals surface area (Å²) in [7, 11) is 0. The predicted molar refractivity (Wildman–Crippen MR) is 249 cm³/mol. The fraction of sp³-hybridized carbons (Fsp3) is 0.107. The minimum absolute atomic E-state index is 0.421. The summed E-state index contributed by atoms with van der Waals surface area (Å²) < 4.78 is 7.16. The molecule has 1 aliphatic rings. The smallest absolute Gasteiger partial charge is 0.0991 e. The van der Waals surface area contributed by atoms with Gasteiger partial charge in [-0.3, -0.25) is 0 Å². The van der Waals surface area contributed by atoms with Gasteiger partial charge in [0.2, 0.25) is 0 Å². The first kappa shape index (κ1) is 35.1. The van der Waals surface area contributed by atoms with Crippen LogP contribution in [0.2, 0.25) is 0 Å². The van der Waals surface area contributed by atoms with E-state index in [1.54, 1.807) is 0 Å². The van der Waals surface area contributed by atoms with Crippen LogP contribution in [0, 0.1) is 22.7 Å². The third kappa shape index (κ3) is 5.38. The molecule has 2 atom stereocenters. The van der Waals surface area contributed by atoms with Crippen molar-refractivity contribution in [3.63, 3.8) is 0 Å². The summed E-state index contributed by atoms with van der Waals surface area (Å²) in [5.74, 6) is 0.847. The molecule has 61 heavy (non-hydrogen) atoms. The van der Waals surface area contributed by atoms with Crippen LogP contribution < -0.4 is 0 Å². The van der Waals surface area contributed by atoms with E-state index in [0.29, 0.717) is 23.0 Å². The van der Waals surface area contributed by atoms with E-state index in [9.17, 15) is 10.5 Å². The Hall–Kier alpha value is -7.86. The number of fused-ring (bicyclic) bond motifs is 10. The van der Waals surface area contributed by atoms with Crippen LogP contribution in [0.5, 0.6) is 0 Å². The van der Waals surface area contributed by atoms with E-state index in [-0.39, 0.29) is 0 Å². The molecular formula is C56H39N5. The van der Waals surface area contributed by atoms with Crippen molar-refractivity contribution >= 4 is 65.4 Å². The second-order valence-corrected chi connectivity index (χ2v) is 16.6. The average Bonchev–Trinajstić information content (AvgIpc) is 3.97. The van der Waals surface area contributed by atoms with Crippen molar-refractivity contribution in [3.8, 4) is 29.2 Å². The van der Waals surface area contributed by atoms with Gasteiger partial charge in [0.1, 0.15) is 0 Å². The summed E-state index contributed by atoms with van der Waals surface area (Å²) in [6, 6.07) is 67.9. The molecule has 1 fully saturated rings. The molecule has 1 unspecified atom stereocenters. The normalized spacial score (nSPS) is 15.6. The van der Waals surface area contributed by atoms with Gasteiger partial charge in [0.05, 0.1) is 56.4 Å².